The average molecular weight is 413 g/mol. The fourth-order valence-corrected chi connectivity index (χ4v) is 3.60. The van der Waals surface area contributed by atoms with Crippen molar-refractivity contribution < 1.29 is 9.84 Å². The number of hydrogen-bond donors (Lipinski definition) is 1. The van der Waals surface area contributed by atoms with Crippen LogP contribution in [0.3, 0.4) is 0 Å². The zero-order valence-corrected chi connectivity index (χ0v) is 16.9. The Balaban J connectivity index is 1.97. The van der Waals surface area contributed by atoms with Crippen LogP contribution < -0.4 is 4.90 Å². The second kappa shape index (κ2) is 8.13. The van der Waals surface area contributed by atoms with E-state index in [0.717, 1.165) is 4.90 Å². The molecule has 0 atom stereocenters. The van der Waals surface area contributed by atoms with Crippen LogP contribution in [0.2, 0.25) is 0 Å². The number of aromatic nitrogens is 5. The lowest BCUT2D eigenvalue weighted by Crippen LogP contribution is -2.37. The van der Waals surface area contributed by atoms with Crippen LogP contribution in [-0.2, 0) is 4.74 Å². The largest absolute Gasteiger partial charge is 0.577 e. The van der Waals surface area contributed by atoms with Gasteiger partial charge in [0.25, 0.3) is 5.95 Å². The molecule has 0 amide bonds. The van der Waals surface area contributed by atoms with E-state index >= 15 is 0 Å². The molecule has 0 unspecified atom stereocenters. The number of nitrogens with zero attached hydrogens (tertiary/aromatic N) is 7. The minimum atomic E-state index is -0.0567. The Hall–Kier alpha value is -3.05. The van der Waals surface area contributed by atoms with E-state index in [1.807, 2.05) is 12.3 Å². The fourth-order valence-electron chi connectivity index (χ4n) is 3.04. The predicted octanol–water partition coefficient (Wildman–Crippen LogP) is 1.24. The summed E-state index contributed by atoms with van der Waals surface area (Å²) < 4.78 is 7.11. The lowest BCUT2D eigenvalue weighted by Gasteiger charge is -2.28. The molecule has 3 aromatic rings. The number of anilines is 1. The van der Waals surface area contributed by atoms with Crippen LogP contribution >= 0.6 is 11.8 Å². The summed E-state index contributed by atoms with van der Waals surface area (Å²) in [5, 5.41) is 20.0. The number of aliphatic imine (C=N–C) groups is 1. The summed E-state index contributed by atoms with van der Waals surface area (Å²) in [6.45, 7) is 4.12. The summed E-state index contributed by atoms with van der Waals surface area (Å²) in [6, 6.07) is 3.60. The van der Waals surface area contributed by atoms with Crippen LogP contribution in [0.25, 0.3) is 17.0 Å². The molecule has 0 bridgehead atoms. The van der Waals surface area contributed by atoms with Gasteiger partial charge in [-0.2, -0.15) is 10.1 Å². The maximum absolute atomic E-state index is 8.21. The molecule has 3 aromatic heterocycles. The molecule has 1 aliphatic rings. The molecule has 0 radical (unpaired) electrons. The zero-order chi connectivity index (χ0) is 20.4. The number of hydrogen-bond acceptors (Lipinski definition) is 8. The maximum Gasteiger partial charge on any atom is 0.385 e. The van der Waals surface area contributed by atoms with Crippen LogP contribution in [0.4, 0.5) is 5.82 Å². The Bertz CT molecular complexity index is 1080. The Kier molecular flexibility index (Phi) is 5.41. The number of ether oxygens (including phenoxy) is 1. The molecule has 1 fully saturated rings. The van der Waals surface area contributed by atoms with Crippen molar-refractivity contribution in [3.8, 4) is 5.95 Å². The predicted molar refractivity (Wildman–Crippen MR) is 113 cm³/mol. The first kappa shape index (κ1) is 19.3. The maximum atomic E-state index is 8.21. The Morgan fingerprint density at radius 1 is 1.24 bits per heavy atom. The molecular weight excluding hydrogens is 392 g/mol. The summed E-state index contributed by atoms with van der Waals surface area (Å²) in [5.41, 5.74) is 1.69. The SMILES string of the molecule is CSc1cc(C([OH2+])=NC(C)=N)nc2c(N3CCOCC3)nc(-n3cccn3)nc12. The van der Waals surface area contributed by atoms with E-state index in [0.29, 0.717) is 54.8 Å². The topological polar surface area (TPSA) is 128 Å². The van der Waals surface area contributed by atoms with Crippen molar-refractivity contribution >= 4 is 40.3 Å². The molecule has 0 saturated carbocycles. The molecule has 1 aliphatic heterocycles. The minimum Gasteiger partial charge on any atom is -0.577 e. The van der Waals surface area contributed by atoms with Gasteiger partial charge in [0.2, 0.25) is 0 Å². The first-order valence-corrected chi connectivity index (χ1v) is 10.2. The van der Waals surface area contributed by atoms with Gasteiger partial charge >= 0.3 is 5.90 Å². The quantitative estimate of drug-likeness (QED) is 0.295. The highest BCUT2D eigenvalue weighted by Crippen LogP contribution is 2.31. The van der Waals surface area contributed by atoms with Gasteiger partial charge in [-0.25, -0.2) is 14.6 Å². The highest BCUT2D eigenvalue weighted by molar-refractivity contribution is 7.98. The number of pyridine rings is 1. The van der Waals surface area contributed by atoms with E-state index in [4.69, 9.17) is 25.2 Å². The number of nitrogens with one attached hydrogen (secondary N) is 1. The van der Waals surface area contributed by atoms with Crippen molar-refractivity contribution in [1.29, 1.82) is 5.41 Å². The molecule has 3 N–H and O–H groups in total. The van der Waals surface area contributed by atoms with Crippen LogP contribution in [0.5, 0.6) is 0 Å². The Morgan fingerprint density at radius 3 is 2.69 bits per heavy atom. The molecule has 0 spiro atoms. The number of amidine groups is 1. The van der Waals surface area contributed by atoms with Crippen molar-refractivity contribution in [1.82, 2.24) is 24.7 Å². The summed E-state index contributed by atoms with van der Waals surface area (Å²) in [6.07, 6.45) is 5.43. The summed E-state index contributed by atoms with van der Waals surface area (Å²) >= 11 is 1.51. The third kappa shape index (κ3) is 3.91. The first-order chi connectivity index (χ1) is 14.1. The molecule has 29 heavy (non-hydrogen) atoms. The van der Waals surface area contributed by atoms with Gasteiger partial charge in [0.1, 0.15) is 16.9 Å². The van der Waals surface area contributed by atoms with E-state index in [1.165, 1.54) is 18.7 Å². The van der Waals surface area contributed by atoms with Crippen LogP contribution in [0, 0.1) is 5.41 Å². The normalized spacial score (nSPS) is 15.1. The highest BCUT2D eigenvalue weighted by atomic mass is 32.2. The minimum absolute atomic E-state index is 0.0567. The summed E-state index contributed by atoms with van der Waals surface area (Å²) in [4.78, 5) is 21.0. The summed E-state index contributed by atoms with van der Waals surface area (Å²) in [7, 11) is 0. The zero-order valence-electron chi connectivity index (χ0n) is 16.1. The van der Waals surface area contributed by atoms with Crippen molar-refractivity contribution in [2.75, 3.05) is 37.5 Å². The molecule has 1 saturated heterocycles. The van der Waals surface area contributed by atoms with E-state index < -0.39 is 0 Å². The van der Waals surface area contributed by atoms with Crippen LogP contribution in [0.15, 0.2) is 34.4 Å². The third-order valence-electron chi connectivity index (χ3n) is 4.35. The molecule has 11 heteroatoms. The number of fused-ring (bicyclic) bond motifs is 1. The van der Waals surface area contributed by atoms with Crippen molar-refractivity contribution in [3.63, 3.8) is 0 Å². The van der Waals surface area contributed by atoms with Crippen LogP contribution in [-0.4, -0.2) is 74.1 Å². The van der Waals surface area contributed by atoms with E-state index in [1.54, 1.807) is 23.1 Å². The Morgan fingerprint density at radius 2 is 2.03 bits per heavy atom. The van der Waals surface area contributed by atoms with E-state index in [-0.39, 0.29) is 11.7 Å². The first-order valence-electron chi connectivity index (χ1n) is 9.02. The third-order valence-corrected chi connectivity index (χ3v) is 5.10. The molecule has 0 aliphatic carbocycles. The Labute approximate surface area is 171 Å². The molecule has 0 aromatic carbocycles. The second-order valence-corrected chi connectivity index (χ2v) is 7.20. The van der Waals surface area contributed by atoms with Gasteiger partial charge in [0.05, 0.1) is 13.2 Å². The number of rotatable bonds is 4. The van der Waals surface area contributed by atoms with Crippen molar-refractivity contribution in [3.05, 3.63) is 30.2 Å². The van der Waals surface area contributed by atoms with Gasteiger partial charge in [0.15, 0.2) is 11.5 Å². The van der Waals surface area contributed by atoms with Gasteiger partial charge in [-0.05, 0) is 25.3 Å². The highest BCUT2D eigenvalue weighted by Gasteiger charge is 2.23. The lowest BCUT2D eigenvalue weighted by atomic mass is 10.2. The van der Waals surface area contributed by atoms with Gasteiger partial charge in [0, 0.05) is 30.4 Å². The average Bonchev–Trinajstić information content (AvgIpc) is 3.27. The van der Waals surface area contributed by atoms with Gasteiger partial charge in [-0.3, -0.25) is 5.41 Å². The monoisotopic (exact) mass is 413 g/mol. The van der Waals surface area contributed by atoms with Crippen LogP contribution in [0.1, 0.15) is 12.6 Å². The van der Waals surface area contributed by atoms with Gasteiger partial charge < -0.3 is 14.7 Å². The van der Waals surface area contributed by atoms with Gasteiger partial charge in [-0.15, -0.1) is 16.8 Å². The molecule has 10 nitrogen and oxygen atoms in total. The van der Waals surface area contributed by atoms with Crippen molar-refractivity contribution in [2.45, 2.75) is 11.8 Å². The molecular formula is C18H21N8O2S+. The standard InChI is InChI=1S/C18H20N8O2S/c1-11(19)21-17(27)12-10-13(29-2)14-15(22-12)16(25-6-8-28-9-7-25)24-18(23-14)26-5-3-4-20-26/h3-5,10H,6-9H2,1-2H3,(H2,19,21,27)/p+1. The summed E-state index contributed by atoms with van der Waals surface area (Å²) in [5.74, 6) is 1.14. The molecule has 150 valence electrons. The lowest BCUT2D eigenvalue weighted by molar-refractivity contribution is 0.122. The molecule has 4 heterocycles. The fraction of sp³-hybridized carbons (Fsp3) is 0.333. The second-order valence-electron chi connectivity index (χ2n) is 6.35. The van der Waals surface area contributed by atoms with Gasteiger partial charge in [-0.1, -0.05) is 0 Å². The van der Waals surface area contributed by atoms with E-state index in [2.05, 4.69) is 20.0 Å². The number of morpholine rings is 1. The smallest absolute Gasteiger partial charge is 0.385 e. The van der Waals surface area contributed by atoms with E-state index in [9.17, 15) is 0 Å². The van der Waals surface area contributed by atoms with Crippen molar-refractivity contribution in [2.24, 2.45) is 4.99 Å². The molecule has 4 rings (SSSR count). The number of thioether (sulfide) groups is 1.